The molecule has 0 fully saturated rings. The van der Waals surface area contributed by atoms with Gasteiger partial charge in [0.1, 0.15) is 0 Å². The molecule has 0 aromatic heterocycles. The molecular weight excluding hydrogens is 344 g/mol. The molecule has 4 aromatic carbocycles. The molecule has 5 rings (SSSR count). The maximum Gasteiger partial charge on any atom is 0.0441 e. The minimum absolute atomic E-state index is 0.836. The molecule has 4 aromatic rings. The van der Waals surface area contributed by atoms with E-state index in [-0.39, 0.29) is 0 Å². The molecule has 0 saturated heterocycles. The smallest absolute Gasteiger partial charge is 0.0441 e. The number of benzene rings is 4. The predicted molar refractivity (Wildman–Crippen MR) is 108 cm³/mol. The molecule has 0 saturated carbocycles. The van der Waals surface area contributed by atoms with Crippen molar-refractivity contribution in [2.24, 2.45) is 0 Å². The second-order valence-electron chi connectivity index (χ2n) is 6.32. The molecule has 0 radical (unpaired) electrons. The molecule has 0 spiro atoms. The summed E-state index contributed by atoms with van der Waals surface area (Å²) in [6.07, 6.45) is 0.855. The van der Waals surface area contributed by atoms with E-state index in [0.717, 1.165) is 11.4 Å². The Labute approximate surface area is 156 Å². The molecule has 0 atom stereocenters. The SMILES string of the molecule is Clc1ccccc1Cc1cccc2c1Sc1cccc3cccc-2c13. The molecule has 1 aliphatic heterocycles. The van der Waals surface area contributed by atoms with Crippen LogP contribution in [-0.2, 0) is 6.42 Å². The summed E-state index contributed by atoms with van der Waals surface area (Å²) in [6.45, 7) is 0. The van der Waals surface area contributed by atoms with Crippen molar-refractivity contribution in [2.45, 2.75) is 16.2 Å². The summed E-state index contributed by atoms with van der Waals surface area (Å²) in [7, 11) is 0. The van der Waals surface area contributed by atoms with Gasteiger partial charge in [0.15, 0.2) is 0 Å². The Kier molecular flexibility index (Phi) is 3.58. The molecular formula is C23H15ClS. The highest BCUT2D eigenvalue weighted by Gasteiger charge is 2.21. The normalized spacial score (nSPS) is 12.2. The zero-order chi connectivity index (χ0) is 16.8. The molecule has 0 amide bonds. The van der Waals surface area contributed by atoms with Crippen LogP contribution in [0.4, 0.5) is 0 Å². The van der Waals surface area contributed by atoms with Crippen molar-refractivity contribution in [3.05, 3.63) is 95.0 Å². The summed E-state index contributed by atoms with van der Waals surface area (Å²) in [6, 6.07) is 27.9. The largest absolute Gasteiger partial charge is 0.0885 e. The molecule has 0 nitrogen and oxygen atoms in total. The van der Waals surface area contributed by atoms with Gasteiger partial charge >= 0.3 is 0 Å². The van der Waals surface area contributed by atoms with E-state index in [0.29, 0.717) is 0 Å². The summed E-state index contributed by atoms with van der Waals surface area (Å²) in [4.78, 5) is 2.70. The molecule has 1 aliphatic rings. The first kappa shape index (κ1) is 15.1. The minimum atomic E-state index is 0.836. The fourth-order valence-corrected chi connectivity index (χ4v) is 5.09. The van der Waals surface area contributed by atoms with Gasteiger partial charge in [-0.3, -0.25) is 0 Å². The molecule has 120 valence electrons. The topological polar surface area (TPSA) is 0 Å². The maximum absolute atomic E-state index is 6.40. The Morgan fingerprint density at radius 1 is 0.680 bits per heavy atom. The molecule has 0 unspecified atom stereocenters. The van der Waals surface area contributed by atoms with E-state index in [4.69, 9.17) is 11.6 Å². The Morgan fingerprint density at radius 3 is 2.28 bits per heavy atom. The summed E-state index contributed by atoms with van der Waals surface area (Å²) in [5, 5.41) is 3.52. The van der Waals surface area contributed by atoms with Gasteiger partial charge in [0.2, 0.25) is 0 Å². The zero-order valence-corrected chi connectivity index (χ0v) is 15.1. The van der Waals surface area contributed by atoms with Crippen LogP contribution in [0.2, 0.25) is 5.02 Å². The Hall–Kier alpha value is -2.22. The fourth-order valence-electron chi connectivity index (χ4n) is 3.63. The van der Waals surface area contributed by atoms with Gasteiger partial charge in [-0.05, 0) is 39.8 Å². The standard InChI is InChI=1S/C23H15ClS/c24-20-12-2-1-6-16(20)14-17-9-4-11-19-18-10-3-7-15-8-5-13-21(22(15)18)25-23(17)19/h1-13H,14H2. The van der Waals surface area contributed by atoms with Crippen molar-refractivity contribution < 1.29 is 0 Å². The number of halogens is 1. The van der Waals surface area contributed by atoms with Crippen molar-refractivity contribution >= 4 is 34.1 Å². The zero-order valence-electron chi connectivity index (χ0n) is 13.5. The summed E-state index contributed by atoms with van der Waals surface area (Å²) < 4.78 is 0. The highest BCUT2D eigenvalue weighted by Crippen LogP contribution is 2.49. The van der Waals surface area contributed by atoms with Crippen LogP contribution in [0.1, 0.15) is 11.1 Å². The number of hydrogen-bond donors (Lipinski definition) is 0. The molecule has 2 heteroatoms. The molecule has 0 N–H and O–H groups in total. The van der Waals surface area contributed by atoms with Crippen LogP contribution in [0.5, 0.6) is 0 Å². The van der Waals surface area contributed by atoms with E-state index in [1.54, 1.807) is 0 Å². The first-order chi connectivity index (χ1) is 12.3. The van der Waals surface area contributed by atoms with Gasteiger partial charge < -0.3 is 0 Å². The highest BCUT2D eigenvalue weighted by molar-refractivity contribution is 7.99. The van der Waals surface area contributed by atoms with Crippen LogP contribution in [0.15, 0.2) is 88.7 Å². The average Bonchev–Trinajstić information content (AvgIpc) is 2.65. The van der Waals surface area contributed by atoms with Crippen molar-refractivity contribution in [1.29, 1.82) is 0 Å². The van der Waals surface area contributed by atoms with Crippen LogP contribution in [0.25, 0.3) is 21.9 Å². The van der Waals surface area contributed by atoms with E-state index >= 15 is 0 Å². The van der Waals surface area contributed by atoms with Gasteiger partial charge in [0.05, 0.1) is 0 Å². The van der Waals surface area contributed by atoms with Gasteiger partial charge in [-0.2, -0.15) is 0 Å². The third-order valence-corrected chi connectivity index (χ3v) is 6.42. The lowest BCUT2D eigenvalue weighted by molar-refractivity contribution is 1.13. The number of hydrogen-bond acceptors (Lipinski definition) is 1. The van der Waals surface area contributed by atoms with E-state index in [9.17, 15) is 0 Å². The summed E-state index contributed by atoms with van der Waals surface area (Å²) in [5.74, 6) is 0. The van der Waals surface area contributed by atoms with Crippen molar-refractivity contribution in [3.63, 3.8) is 0 Å². The first-order valence-electron chi connectivity index (χ1n) is 8.36. The van der Waals surface area contributed by atoms with Crippen molar-refractivity contribution in [2.75, 3.05) is 0 Å². The van der Waals surface area contributed by atoms with Gasteiger partial charge in [-0.1, -0.05) is 90.1 Å². The highest BCUT2D eigenvalue weighted by atomic mass is 35.5. The van der Waals surface area contributed by atoms with Crippen molar-refractivity contribution in [3.8, 4) is 11.1 Å². The van der Waals surface area contributed by atoms with Crippen LogP contribution >= 0.6 is 23.4 Å². The molecule has 1 heterocycles. The van der Waals surface area contributed by atoms with E-state index in [1.807, 2.05) is 23.9 Å². The number of rotatable bonds is 2. The summed E-state index contributed by atoms with van der Waals surface area (Å²) in [5.41, 5.74) is 5.18. The Bertz CT molecular complexity index is 1110. The quantitative estimate of drug-likeness (QED) is 0.321. The molecule has 0 bridgehead atoms. The van der Waals surface area contributed by atoms with Crippen LogP contribution in [0.3, 0.4) is 0 Å². The second-order valence-corrected chi connectivity index (χ2v) is 7.78. The lowest BCUT2D eigenvalue weighted by Crippen LogP contribution is -1.98. The minimum Gasteiger partial charge on any atom is -0.0885 e. The van der Waals surface area contributed by atoms with Gasteiger partial charge in [0.25, 0.3) is 0 Å². The van der Waals surface area contributed by atoms with E-state index in [1.165, 1.54) is 42.8 Å². The average molecular weight is 359 g/mol. The summed E-state index contributed by atoms with van der Waals surface area (Å²) >= 11 is 8.28. The predicted octanol–water partition coefficient (Wildman–Crippen LogP) is 7.22. The second kappa shape index (κ2) is 5.94. The van der Waals surface area contributed by atoms with Gasteiger partial charge in [0, 0.05) is 26.6 Å². The number of fused-ring (bicyclic) bond motifs is 2. The Morgan fingerprint density at radius 2 is 1.40 bits per heavy atom. The van der Waals surface area contributed by atoms with Crippen LogP contribution < -0.4 is 0 Å². The van der Waals surface area contributed by atoms with Crippen LogP contribution in [-0.4, -0.2) is 0 Å². The first-order valence-corrected chi connectivity index (χ1v) is 9.56. The van der Waals surface area contributed by atoms with E-state index < -0.39 is 0 Å². The molecule has 0 aliphatic carbocycles. The third kappa shape index (κ3) is 2.47. The van der Waals surface area contributed by atoms with Gasteiger partial charge in [-0.25, -0.2) is 0 Å². The lowest BCUT2D eigenvalue weighted by atomic mass is 9.94. The van der Waals surface area contributed by atoms with E-state index in [2.05, 4.69) is 66.7 Å². The van der Waals surface area contributed by atoms with Crippen molar-refractivity contribution in [1.82, 2.24) is 0 Å². The fraction of sp³-hybridized carbons (Fsp3) is 0.0435. The van der Waals surface area contributed by atoms with Gasteiger partial charge in [-0.15, -0.1) is 0 Å². The monoisotopic (exact) mass is 358 g/mol. The Balaban J connectivity index is 1.71. The maximum atomic E-state index is 6.40. The molecule has 25 heavy (non-hydrogen) atoms. The third-order valence-electron chi connectivity index (χ3n) is 4.80. The van der Waals surface area contributed by atoms with Crippen LogP contribution in [0, 0.1) is 0 Å². The lowest BCUT2D eigenvalue weighted by Gasteiger charge is -2.22.